The third-order valence-electron chi connectivity index (χ3n) is 4.13. The molecule has 28 heavy (non-hydrogen) atoms. The number of aromatic nitrogens is 3. The number of rotatable bonds is 5. The fraction of sp³-hybridized carbons (Fsp3) is 0.143. The van der Waals surface area contributed by atoms with Crippen LogP contribution in [0.2, 0.25) is 0 Å². The van der Waals surface area contributed by atoms with E-state index in [2.05, 4.69) is 20.3 Å². The maximum Gasteiger partial charge on any atom is 0.266 e. The van der Waals surface area contributed by atoms with E-state index in [0.717, 1.165) is 28.0 Å². The molecule has 0 saturated carbocycles. The highest BCUT2D eigenvalue weighted by molar-refractivity contribution is 7.13. The van der Waals surface area contributed by atoms with Crippen molar-refractivity contribution in [3.63, 3.8) is 0 Å². The van der Waals surface area contributed by atoms with Crippen LogP contribution in [0.3, 0.4) is 0 Å². The van der Waals surface area contributed by atoms with Crippen molar-refractivity contribution in [2.45, 2.75) is 20.0 Å². The zero-order chi connectivity index (χ0) is 19.5. The monoisotopic (exact) mass is 390 g/mol. The van der Waals surface area contributed by atoms with Crippen LogP contribution < -0.4 is 10.1 Å². The van der Waals surface area contributed by atoms with Gasteiger partial charge in [-0.2, -0.15) is 0 Å². The first-order valence-corrected chi connectivity index (χ1v) is 9.68. The fourth-order valence-corrected chi connectivity index (χ4v) is 3.37. The molecule has 0 saturated heterocycles. The summed E-state index contributed by atoms with van der Waals surface area (Å²) in [6.45, 7) is 3.59. The summed E-state index contributed by atoms with van der Waals surface area (Å²) in [6.07, 6.45) is 1.11. The highest BCUT2D eigenvalue weighted by Gasteiger charge is 2.16. The lowest BCUT2D eigenvalue weighted by Crippen LogP contribution is -2.30. The van der Waals surface area contributed by atoms with Crippen LogP contribution in [-0.2, 0) is 4.79 Å². The Morgan fingerprint density at radius 3 is 2.54 bits per heavy atom. The summed E-state index contributed by atoms with van der Waals surface area (Å²) in [5.74, 6) is 0.370. The van der Waals surface area contributed by atoms with Gasteiger partial charge in [0.05, 0.1) is 28.6 Å². The van der Waals surface area contributed by atoms with E-state index < -0.39 is 6.10 Å². The molecule has 140 valence electrons. The Bertz CT molecular complexity index is 1120. The normalized spacial score (nSPS) is 11.9. The summed E-state index contributed by atoms with van der Waals surface area (Å²) in [5, 5.41) is 5.22. The molecule has 0 bridgehead atoms. The van der Waals surface area contributed by atoms with E-state index in [-0.39, 0.29) is 5.91 Å². The number of hydrogen-bond donors (Lipinski definition) is 1. The Balaban J connectivity index is 1.44. The summed E-state index contributed by atoms with van der Waals surface area (Å²) in [4.78, 5) is 25.6. The molecule has 1 unspecified atom stereocenters. The van der Waals surface area contributed by atoms with Gasteiger partial charge in [-0.3, -0.25) is 15.1 Å². The summed E-state index contributed by atoms with van der Waals surface area (Å²) >= 11 is 1.39. The highest BCUT2D eigenvalue weighted by Crippen LogP contribution is 2.23. The van der Waals surface area contributed by atoms with Gasteiger partial charge in [-0.25, -0.2) is 9.97 Å². The van der Waals surface area contributed by atoms with Gasteiger partial charge in [-0.05, 0) is 50.2 Å². The molecule has 2 aromatic heterocycles. The second-order valence-electron chi connectivity index (χ2n) is 6.31. The molecule has 0 aliphatic carbocycles. The van der Waals surface area contributed by atoms with Crippen LogP contribution >= 0.6 is 11.3 Å². The molecule has 0 fully saturated rings. The number of para-hydroxylation sites is 2. The van der Waals surface area contributed by atoms with E-state index in [9.17, 15) is 4.79 Å². The number of amides is 1. The van der Waals surface area contributed by atoms with Gasteiger partial charge in [0.25, 0.3) is 5.91 Å². The Hall–Kier alpha value is -3.32. The highest BCUT2D eigenvalue weighted by atomic mass is 32.1. The lowest BCUT2D eigenvalue weighted by molar-refractivity contribution is -0.122. The van der Waals surface area contributed by atoms with Gasteiger partial charge in [-0.15, -0.1) is 11.3 Å². The number of anilines is 1. The molecular weight excluding hydrogens is 372 g/mol. The Morgan fingerprint density at radius 1 is 1.07 bits per heavy atom. The van der Waals surface area contributed by atoms with E-state index in [1.54, 1.807) is 13.1 Å². The van der Waals surface area contributed by atoms with Crippen molar-refractivity contribution in [2.24, 2.45) is 0 Å². The average molecular weight is 390 g/mol. The molecular formula is C21H18N4O2S. The summed E-state index contributed by atoms with van der Waals surface area (Å²) < 4.78 is 5.75. The van der Waals surface area contributed by atoms with Crippen molar-refractivity contribution in [3.8, 4) is 17.0 Å². The molecule has 0 aliphatic heterocycles. The molecule has 7 heteroatoms. The largest absolute Gasteiger partial charge is 0.481 e. The third-order valence-corrected chi connectivity index (χ3v) is 5.01. The zero-order valence-corrected chi connectivity index (χ0v) is 16.2. The van der Waals surface area contributed by atoms with E-state index >= 15 is 0 Å². The second-order valence-corrected chi connectivity index (χ2v) is 7.17. The van der Waals surface area contributed by atoms with Crippen LogP contribution in [0.1, 0.15) is 12.6 Å². The zero-order valence-electron chi connectivity index (χ0n) is 15.4. The van der Waals surface area contributed by atoms with Crippen LogP contribution in [0.5, 0.6) is 5.75 Å². The van der Waals surface area contributed by atoms with Crippen LogP contribution in [0.4, 0.5) is 5.13 Å². The number of ether oxygens (including phenoxy) is 1. The molecule has 4 rings (SSSR count). The summed E-state index contributed by atoms with van der Waals surface area (Å²) in [6, 6.07) is 15.2. The van der Waals surface area contributed by atoms with E-state index in [4.69, 9.17) is 4.74 Å². The SMILES string of the molecule is Cc1csc(NC(=O)C(C)Oc2ccc(-c3cnc4ccccc4n3)cc2)n1. The predicted octanol–water partition coefficient (Wildman–Crippen LogP) is 4.47. The number of nitrogens with one attached hydrogen (secondary N) is 1. The Morgan fingerprint density at radius 2 is 1.82 bits per heavy atom. The number of benzene rings is 2. The first kappa shape index (κ1) is 18.1. The average Bonchev–Trinajstić information content (AvgIpc) is 3.12. The van der Waals surface area contributed by atoms with Gasteiger partial charge in [0.2, 0.25) is 0 Å². The van der Waals surface area contributed by atoms with E-state index in [1.165, 1.54) is 11.3 Å². The fourth-order valence-electron chi connectivity index (χ4n) is 2.68. The minimum absolute atomic E-state index is 0.237. The van der Waals surface area contributed by atoms with Crippen molar-refractivity contribution in [2.75, 3.05) is 5.32 Å². The lowest BCUT2D eigenvalue weighted by atomic mass is 10.1. The van der Waals surface area contributed by atoms with Crippen molar-refractivity contribution >= 4 is 33.4 Å². The number of carbonyl (C=O) groups is 1. The molecule has 4 aromatic rings. The number of fused-ring (bicyclic) bond motifs is 1. The molecule has 2 heterocycles. The van der Waals surface area contributed by atoms with Gasteiger partial charge in [-0.1, -0.05) is 12.1 Å². The van der Waals surface area contributed by atoms with Crippen molar-refractivity contribution in [1.82, 2.24) is 15.0 Å². The number of nitrogens with zero attached hydrogens (tertiary/aromatic N) is 3. The molecule has 1 amide bonds. The topological polar surface area (TPSA) is 77.0 Å². The molecule has 0 aliphatic rings. The van der Waals surface area contributed by atoms with Gasteiger partial charge in [0, 0.05) is 10.9 Å². The van der Waals surface area contributed by atoms with Crippen molar-refractivity contribution in [1.29, 1.82) is 0 Å². The van der Waals surface area contributed by atoms with Crippen LogP contribution in [-0.4, -0.2) is 27.0 Å². The van der Waals surface area contributed by atoms with Crippen LogP contribution in [0.25, 0.3) is 22.3 Å². The smallest absolute Gasteiger partial charge is 0.266 e. The first-order chi connectivity index (χ1) is 13.6. The molecule has 2 aromatic carbocycles. The standard InChI is InChI=1S/C21H18N4O2S/c1-13-12-28-21(23-13)25-20(26)14(2)27-16-9-7-15(8-10-16)19-11-22-17-5-3-4-6-18(17)24-19/h3-12,14H,1-2H3,(H,23,25,26). The summed E-state index contributed by atoms with van der Waals surface area (Å²) in [5.41, 5.74) is 4.31. The predicted molar refractivity (Wildman–Crippen MR) is 111 cm³/mol. The van der Waals surface area contributed by atoms with Gasteiger partial charge in [0.15, 0.2) is 11.2 Å². The number of aryl methyl sites for hydroxylation is 1. The van der Waals surface area contributed by atoms with Gasteiger partial charge >= 0.3 is 0 Å². The van der Waals surface area contributed by atoms with E-state index in [1.807, 2.05) is 60.8 Å². The van der Waals surface area contributed by atoms with Crippen LogP contribution in [0, 0.1) is 6.92 Å². The first-order valence-electron chi connectivity index (χ1n) is 8.80. The molecule has 1 N–H and O–H groups in total. The minimum atomic E-state index is -0.643. The molecule has 1 atom stereocenters. The van der Waals surface area contributed by atoms with Crippen molar-refractivity contribution in [3.05, 3.63) is 65.8 Å². The van der Waals surface area contributed by atoms with Crippen LogP contribution in [0.15, 0.2) is 60.1 Å². The van der Waals surface area contributed by atoms with Gasteiger partial charge < -0.3 is 4.74 Å². The Labute approximate surface area is 166 Å². The third kappa shape index (κ3) is 3.99. The van der Waals surface area contributed by atoms with Gasteiger partial charge in [0.1, 0.15) is 5.75 Å². The number of thiazole rings is 1. The maximum absolute atomic E-state index is 12.3. The number of carbonyl (C=O) groups excluding carboxylic acids is 1. The van der Waals surface area contributed by atoms with Crippen molar-refractivity contribution < 1.29 is 9.53 Å². The quantitative estimate of drug-likeness (QED) is 0.544. The molecule has 6 nitrogen and oxygen atoms in total. The minimum Gasteiger partial charge on any atom is -0.481 e. The summed E-state index contributed by atoms with van der Waals surface area (Å²) in [7, 11) is 0. The number of hydrogen-bond acceptors (Lipinski definition) is 6. The second kappa shape index (κ2) is 7.74. The molecule has 0 radical (unpaired) electrons. The molecule has 0 spiro atoms. The van der Waals surface area contributed by atoms with E-state index in [0.29, 0.717) is 10.9 Å². The Kier molecular flexibility index (Phi) is 4.99. The lowest BCUT2D eigenvalue weighted by Gasteiger charge is -2.14. The maximum atomic E-state index is 12.3.